The smallest absolute Gasteiger partial charge is 0.309 e. The maximum atomic E-state index is 11.9. The Balaban J connectivity index is 0.00000338. The molecule has 0 spiro atoms. The van der Waals surface area contributed by atoms with Gasteiger partial charge in [0.2, 0.25) is 0 Å². The van der Waals surface area contributed by atoms with Crippen LogP contribution >= 0.6 is 24.0 Å². The van der Waals surface area contributed by atoms with Crippen molar-refractivity contribution >= 4 is 35.9 Å². The first kappa shape index (κ1) is 23.5. The van der Waals surface area contributed by atoms with Crippen molar-refractivity contribution in [1.82, 2.24) is 15.1 Å². The monoisotopic (exact) mass is 480 g/mol. The van der Waals surface area contributed by atoms with Crippen LogP contribution in [0.3, 0.4) is 0 Å². The molecule has 0 radical (unpaired) electrons. The summed E-state index contributed by atoms with van der Waals surface area (Å²) in [6.07, 6.45) is 5.50. The molecule has 7 heteroatoms. The van der Waals surface area contributed by atoms with Crippen LogP contribution in [-0.2, 0) is 9.53 Å². The molecule has 0 amide bonds. The molecule has 1 N–H and O–H groups in total. The molecule has 0 bridgehead atoms. The van der Waals surface area contributed by atoms with E-state index in [1.54, 1.807) is 0 Å². The van der Waals surface area contributed by atoms with Crippen LogP contribution in [0.2, 0.25) is 0 Å². The quantitative estimate of drug-likeness (QED) is 0.274. The molecular formula is C19H37IN4O2. The highest BCUT2D eigenvalue weighted by Crippen LogP contribution is 2.20. The topological polar surface area (TPSA) is 57.2 Å². The second kappa shape index (κ2) is 12.8. The van der Waals surface area contributed by atoms with Gasteiger partial charge in [0.25, 0.3) is 0 Å². The lowest BCUT2D eigenvalue weighted by Crippen LogP contribution is -2.46. The highest BCUT2D eigenvalue weighted by Gasteiger charge is 2.27. The first-order chi connectivity index (χ1) is 12.1. The molecule has 0 aromatic heterocycles. The Morgan fingerprint density at radius 1 is 1.12 bits per heavy atom. The molecule has 2 aliphatic rings. The molecule has 0 atom stereocenters. The normalized spacial score (nSPS) is 20.6. The van der Waals surface area contributed by atoms with Gasteiger partial charge in [-0.3, -0.25) is 9.79 Å². The minimum atomic E-state index is -0.0358. The summed E-state index contributed by atoms with van der Waals surface area (Å²) >= 11 is 0. The number of ether oxygens (including phenoxy) is 1. The summed E-state index contributed by atoms with van der Waals surface area (Å²) in [6.45, 7) is 10.4. The molecule has 2 aliphatic heterocycles. The van der Waals surface area contributed by atoms with Gasteiger partial charge in [-0.2, -0.15) is 0 Å². The van der Waals surface area contributed by atoms with E-state index in [2.05, 4.69) is 29.1 Å². The van der Waals surface area contributed by atoms with Crippen molar-refractivity contribution in [2.24, 2.45) is 16.8 Å². The lowest BCUT2D eigenvalue weighted by atomic mass is 9.94. The molecule has 2 rings (SSSR count). The summed E-state index contributed by atoms with van der Waals surface area (Å²) < 4.78 is 5.16. The fourth-order valence-electron chi connectivity index (χ4n) is 3.72. The van der Waals surface area contributed by atoms with Crippen LogP contribution in [0.15, 0.2) is 4.99 Å². The molecule has 152 valence electrons. The van der Waals surface area contributed by atoms with Gasteiger partial charge >= 0.3 is 5.97 Å². The molecule has 2 saturated heterocycles. The zero-order valence-corrected chi connectivity index (χ0v) is 19.0. The fraction of sp³-hybridized carbons (Fsp3) is 0.895. The van der Waals surface area contributed by atoms with Crippen LogP contribution < -0.4 is 5.32 Å². The summed E-state index contributed by atoms with van der Waals surface area (Å²) in [5, 5.41) is 3.42. The molecule has 0 unspecified atom stereocenters. The van der Waals surface area contributed by atoms with Crippen molar-refractivity contribution in [2.75, 3.05) is 52.9 Å². The van der Waals surface area contributed by atoms with Gasteiger partial charge in [0.05, 0.1) is 12.5 Å². The van der Waals surface area contributed by atoms with E-state index in [9.17, 15) is 4.79 Å². The maximum absolute atomic E-state index is 11.9. The van der Waals surface area contributed by atoms with Crippen LogP contribution in [0.25, 0.3) is 0 Å². The summed E-state index contributed by atoms with van der Waals surface area (Å²) in [6, 6.07) is 0. The predicted molar refractivity (Wildman–Crippen MR) is 117 cm³/mol. The Morgan fingerprint density at radius 3 is 2.35 bits per heavy atom. The van der Waals surface area contributed by atoms with Gasteiger partial charge in [-0.1, -0.05) is 0 Å². The number of carbonyl (C=O) groups excluding carboxylic acids is 1. The molecule has 6 nitrogen and oxygen atoms in total. The standard InChI is InChI=1S/C19H36N4O2.HI/c1-4-20-19(21-11-6-16-7-12-22(3)13-8-16)23-14-9-17(10-15-23)18(24)25-5-2;/h16-17H,4-15H2,1-3H3,(H,20,21);1H. The lowest BCUT2D eigenvalue weighted by molar-refractivity contribution is -0.149. The number of hydrogen-bond donors (Lipinski definition) is 1. The summed E-state index contributed by atoms with van der Waals surface area (Å²) in [4.78, 5) is 21.5. The van der Waals surface area contributed by atoms with E-state index in [0.29, 0.717) is 6.61 Å². The Kier molecular flexibility index (Phi) is 11.5. The van der Waals surface area contributed by atoms with Crippen molar-refractivity contribution in [3.05, 3.63) is 0 Å². The van der Waals surface area contributed by atoms with Crippen LogP contribution in [0.5, 0.6) is 0 Å². The summed E-state index contributed by atoms with van der Waals surface area (Å²) in [5.41, 5.74) is 0. The number of hydrogen-bond acceptors (Lipinski definition) is 4. The SMILES string of the molecule is CCNC(=NCCC1CCN(C)CC1)N1CCC(C(=O)OCC)CC1.I. The highest BCUT2D eigenvalue weighted by molar-refractivity contribution is 14.0. The minimum Gasteiger partial charge on any atom is -0.466 e. The predicted octanol–water partition coefficient (Wildman–Crippen LogP) is 2.58. The average molecular weight is 480 g/mol. The first-order valence-electron chi connectivity index (χ1n) is 10.0. The lowest BCUT2D eigenvalue weighted by Gasteiger charge is -2.33. The van der Waals surface area contributed by atoms with E-state index < -0.39 is 0 Å². The summed E-state index contributed by atoms with van der Waals surface area (Å²) in [5.74, 6) is 1.85. The zero-order chi connectivity index (χ0) is 18.1. The van der Waals surface area contributed by atoms with E-state index in [1.165, 1.54) is 32.4 Å². The first-order valence-corrected chi connectivity index (χ1v) is 10.0. The van der Waals surface area contributed by atoms with Crippen molar-refractivity contribution < 1.29 is 9.53 Å². The number of rotatable bonds is 6. The van der Waals surface area contributed by atoms with E-state index in [0.717, 1.165) is 50.9 Å². The number of halogens is 1. The van der Waals surface area contributed by atoms with E-state index in [1.807, 2.05) is 6.92 Å². The molecule has 26 heavy (non-hydrogen) atoms. The maximum Gasteiger partial charge on any atom is 0.309 e. The van der Waals surface area contributed by atoms with Gasteiger partial charge in [-0.15, -0.1) is 24.0 Å². The molecule has 0 aliphatic carbocycles. The molecule has 0 aromatic rings. The Hall–Kier alpha value is -0.570. The minimum absolute atomic E-state index is 0. The molecule has 0 saturated carbocycles. The number of likely N-dealkylation sites (tertiary alicyclic amines) is 2. The van der Waals surface area contributed by atoms with Gasteiger partial charge in [0, 0.05) is 26.2 Å². The second-order valence-corrected chi connectivity index (χ2v) is 7.28. The number of nitrogens with one attached hydrogen (secondary N) is 1. The van der Waals surface area contributed by atoms with Gasteiger partial charge in [0.15, 0.2) is 5.96 Å². The largest absolute Gasteiger partial charge is 0.466 e. The Labute approximate surface area is 176 Å². The number of aliphatic imine (C=N–C) groups is 1. The molecule has 2 heterocycles. The van der Waals surface area contributed by atoms with Crippen molar-refractivity contribution in [1.29, 1.82) is 0 Å². The van der Waals surface area contributed by atoms with Crippen molar-refractivity contribution in [2.45, 2.75) is 46.0 Å². The third kappa shape index (κ3) is 7.58. The van der Waals surface area contributed by atoms with Gasteiger partial charge in [-0.25, -0.2) is 0 Å². The highest BCUT2D eigenvalue weighted by atomic mass is 127. The Bertz CT molecular complexity index is 431. The third-order valence-electron chi connectivity index (χ3n) is 5.39. The second-order valence-electron chi connectivity index (χ2n) is 7.28. The molecule has 0 aromatic carbocycles. The molecule has 2 fully saturated rings. The van der Waals surface area contributed by atoms with E-state index in [-0.39, 0.29) is 35.9 Å². The Morgan fingerprint density at radius 2 is 1.77 bits per heavy atom. The number of nitrogens with zero attached hydrogens (tertiary/aromatic N) is 3. The average Bonchev–Trinajstić information content (AvgIpc) is 2.63. The fourth-order valence-corrected chi connectivity index (χ4v) is 3.72. The number of carbonyl (C=O) groups is 1. The number of esters is 1. The third-order valence-corrected chi connectivity index (χ3v) is 5.39. The molecular weight excluding hydrogens is 443 g/mol. The zero-order valence-electron chi connectivity index (χ0n) is 16.7. The number of guanidine groups is 1. The van der Waals surface area contributed by atoms with Crippen LogP contribution in [0, 0.1) is 11.8 Å². The van der Waals surface area contributed by atoms with Crippen molar-refractivity contribution in [3.63, 3.8) is 0 Å². The van der Waals surface area contributed by atoms with Gasteiger partial charge in [-0.05, 0) is 72.0 Å². The summed E-state index contributed by atoms with van der Waals surface area (Å²) in [7, 11) is 2.21. The van der Waals surface area contributed by atoms with Crippen molar-refractivity contribution in [3.8, 4) is 0 Å². The number of piperidine rings is 2. The van der Waals surface area contributed by atoms with E-state index in [4.69, 9.17) is 9.73 Å². The van der Waals surface area contributed by atoms with Crippen LogP contribution in [0.4, 0.5) is 0 Å². The van der Waals surface area contributed by atoms with Gasteiger partial charge < -0.3 is 19.9 Å². The van der Waals surface area contributed by atoms with Gasteiger partial charge in [0.1, 0.15) is 0 Å². The van der Waals surface area contributed by atoms with E-state index >= 15 is 0 Å². The van der Waals surface area contributed by atoms with Crippen LogP contribution in [-0.4, -0.2) is 74.7 Å². The van der Waals surface area contributed by atoms with Crippen LogP contribution in [0.1, 0.15) is 46.0 Å².